The predicted molar refractivity (Wildman–Crippen MR) is 101 cm³/mol. The smallest absolute Gasteiger partial charge is 0.266 e. The summed E-state index contributed by atoms with van der Waals surface area (Å²) in [7, 11) is 0. The first kappa shape index (κ1) is 17.0. The van der Waals surface area contributed by atoms with Crippen molar-refractivity contribution in [1.29, 1.82) is 0 Å². The predicted octanol–water partition coefficient (Wildman–Crippen LogP) is 5.20. The van der Waals surface area contributed by atoms with Gasteiger partial charge in [-0.3, -0.25) is 9.69 Å². The van der Waals surface area contributed by atoms with E-state index in [4.69, 9.17) is 11.6 Å². The molecule has 7 heteroatoms. The number of carbonyl (C=O) groups excluding carboxylic acids is 1. The summed E-state index contributed by atoms with van der Waals surface area (Å²) in [6.45, 7) is 3.68. The molecule has 0 N–H and O–H groups in total. The van der Waals surface area contributed by atoms with E-state index >= 15 is 0 Å². The number of amides is 1. The molecule has 1 aromatic carbocycles. The molecule has 2 heterocycles. The molecule has 0 radical (unpaired) electrons. The number of nitrogens with zero attached hydrogens (tertiary/aromatic N) is 2. The molecule has 0 saturated heterocycles. The summed E-state index contributed by atoms with van der Waals surface area (Å²) in [5.41, 5.74) is 0.820. The van der Waals surface area contributed by atoms with Crippen LogP contribution in [0, 0.1) is 5.82 Å². The van der Waals surface area contributed by atoms with E-state index in [1.54, 1.807) is 12.2 Å². The normalized spacial score (nSPS) is 15.9. The van der Waals surface area contributed by atoms with E-state index in [1.165, 1.54) is 46.2 Å². The number of carbonyl (C=O) groups is 1. The van der Waals surface area contributed by atoms with Gasteiger partial charge in [-0.1, -0.05) is 35.5 Å². The van der Waals surface area contributed by atoms with E-state index in [-0.39, 0.29) is 10.9 Å². The third-order valence-electron chi connectivity index (χ3n) is 3.14. The summed E-state index contributed by atoms with van der Waals surface area (Å²) in [5, 5.41) is 2.41. The lowest BCUT2D eigenvalue weighted by molar-refractivity contribution is -0.113. The fraction of sp³-hybridized carbons (Fsp3) is 0.0588. The second kappa shape index (κ2) is 7.34. The number of hydrogen-bond acceptors (Lipinski definition) is 4. The van der Waals surface area contributed by atoms with Gasteiger partial charge < -0.3 is 0 Å². The van der Waals surface area contributed by atoms with E-state index in [9.17, 15) is 9.18 Å². The highest BCUT2D eigenvalue weighted by Gasteiger charge is 2.32. The summed E-state index contributed by atoms with van der Waals surface area (Å²) in [6.07, 6.45) is 3.47. The summed E-state index contributed by atoms with van der Waals surface area (Å²) < 4.78 is 13.4. The van der Waals surface area contributed by atoms with Gasteiger partial charge in [0.25, 0.3) is 5.91 Å². The molecule has 0 fully saturated rings. The molecular formula is C17H12ClFN2OS2. The van der Waals surface area contributed by atoms with Crippen LogP contribution >= 0.6 is 34.7 Å². The number of halogens is 2. The molecule has 1 aromatic heterocycles. The molecule has 2 aromatic rings. The Kier molecular flexibility index (Phi) is 5.18. The number of hydrogen-bond donors (Lipinski definition) is 0. The number of aliphatic imine (C=N–C) groups is 1. The zero-order valence-electron chi connectivity index (χ0n) is 12.4. The molecular weight excluding hydrogens is 367 g/mol. The van der Waals surface area contributed by atoms with Crippen LogP contribution in [0.2, 0.25) is 5.02 Å². The molecule has 1 aliphatic heterocycles. The minimum Gasteiger partial charge on any atom is -0.266 e. The maximum absolute atomic E-state index is 13.4. The average Bonchev–Trinajstić information content (AvgIpc) is 3.17. The van der Waals surface area contributed by atoms with Crippen molar-refractivity contribution in [3.63, 3.8) is 0 Å². The van der Waals surface area contributed by atoms with Gasteiger partial charge in [-0.25, -0.2) is 9.38 Å². The zero-order chi connectivity index (χ0) is 17.1. The van der Waals surface area contributed by atoms with Crippen LogP contribution in [-0.4, -0.2) is 16.8 Å². The van der Waals surface area contributed by atoms with Gasteiger partial charge in [-0.15, -0.1) is 17.9 Å². The van der Waals surface area contributed by atoms with Crippen LogP contribution in [0.4, 0.5) is 10.1 Å². The van der Waals surface area contributed by atoms with E-state index in [0.717, 1.165) is 4.88 Å². The highest BCUT2D eigenvalue weighted by atomic mass is 35.5. The Morgan fingerprint density at radius 2 is 2.25 bits per heavy atom. The van der Waals surface area contributed by atoms with Crippen molar-refractivity contribution in [2.75, 3.05) is 10.7 Å². The fourth-order valence-electron chi connectivity index (χ4n) is 2.09. The molecule has 3 nitrogen and oxygen atoms in total. The average molecular weight is 379 g/mol. The second-order valence-electron chi connectivity index (χ2n) is 4.78. The lowest BCUT2D eigenvalue weighted by Crippen LogP contribution is -2.30. The highest BCUT2D eigenvalue weighted by Crippen LogP contribution is 2.32. The summed E-state index contributed by atoms with van der Waals surface area (Å²) in [5.74, 6) is -0.194. The van der Waals surface area contributed by atoms with Crippen molar-refractivity contribution < 1.29 is 9.18 Å². The van der Waals surface area contributed by atoms with Crippen LogP contribution in [-0.2, 0) is 4.79 Å². The topological polar surface area (TPSA) is 32.7 Å². The van der Waals surface area contributed by atoms with Crippen molar-refractivity contribution >= 4 is 57.5 Å². The lowest BCUT2D eigenvalue weighted by atomic mass is 10.2. The van der Waals surface area contributed by atoms with Crippen LogP contribution in [0.25, 0.3) is 6.08 Å². The minimum absolute atomic E-state index is 0.0379. The number of anilines is 1. The molecule has 122 valence electrons. The van der Waals surface area contributed by atoms with Crippen molar-refractivity contribution in [3.05, 3.63) is 69.8 Å². The quantitative estimate of drug-likeness (QED) is 0.540. The first-order valence-corrected chi connectivity index (χ1v) is 9.21. The van der Waals surface area contributed by atoms with Crippen molar-refractivity contribution in [2.45, 2.75) is 0 Å². The van der Waals surface area contributed by atoms with Gasteiger partial charge >= 0.3 is 0 Å². The monoisotopic (exact) mass is 378 g/mol. The molecule has 0 unspecified atom stereocenters. The van der Waals surface area contributed by atoms with Crippen LogP contribution in [0.3, 0.4) is 0 Å². The summed E-state index contributed by atoms with van der Waals surface area (Å²) in [4.78, 5) is 19.6. The zero-order valence-corrected chi connectivity index (χ0v) is 14.8. The number of thioether (sulfide) groups is 1. The summed E-state index contributed by atoms with van der Waals surface area (Å²) in [6, 6.07) is 7.99. The Hall–Kier alpha value is -1.89. The largest absolute Gasteiger partial charge is 0.283 e. The van der Waals surface area contributed by atoms with E-state index in [1.807, 2.05) is 17.5 Å². The van der Waals surface area contributed by atoms with Crippen LogP contribution in [0.5, 0.6) is 0 Å². The maximum atomic E-state index is 13.4. The summed E-state index contributed by atoms with van der Waals surface area (Å²) >= 11 is 8.76. The van der Waals surface area contributed by atoms with Gasteiger partial charge in [0, 0.05) is 10.6 Å². The number of amidine groups is 1. The Morgan fingerprint density at radius 1 is 1.42 bits per heavy atom. The first-order chi connectivity index (χ1) is 11.6. The van der Waals surface area contributed by atoms with Crippen molar-refractivity contribution in [2.24, 2.45) is 4.99 Å². The van der Waals surface area contributed by atoms with Crippen LogP contribution < -0.4 is 4.90 Å². The van der Waals surface area contributed by atoms with Gasteiger partial charge in [0.1, 0.15) is 11.5 Å². The molecule has 3 rings (SSSR count). The third-order valence-corrected chi connectivity index (χ3v) is 5.19. The molecule has 0 aliphatic carbocycles. The van der Waals surface area contributed by atoms with Gasteiger partial charge in [0.05, 0.1) is 10.7 Å². The molecule has 24 heavy (non-hydrogen) atoms. The van der Waals surface area contributed by atoms with E-state index in [2.05, 4.69) is 11.6 Å². The van der Waals surface area contributed by atoms with Gasteiger partial charge in [0.15, 0.2) is 5.17 Å². The molecule has 0 saturated carbocycles. The van der Waals surface area contributed by atoms with E-state index in [0.29, 0.717) is 22.3 Å². The van der Waals surface area contributed by atoms with Crippen LogP contribution in [0.1, 0.15) is 4.88 Å². The number of benzene rings is 1. The second-order valence-corrected chi connectivity index (χ2v) is 7.15. The Balaban J connectivity index is 2.00. The molecule has 0 bridgehead atoms. The molecule has 1 amide bonds. The van der Waals surface area contributed by atoms with Gasteiger partial charge in [-0.2, -0.15) is 0 Å². The number of thiophene rings is 1. The fourth-order valence-corrected chi connectivity index (χ4v) is 3.66. The molecule has 1 aliphatic rings. The Bertz CT molecular complexity index is 846. The SMILES string of the molecule is C=CCSC1=N/C(=C/c2cccs2)C(=O)N1c1ccc(F)c(Cl)c1. The first-order valence-electron chi connectivity index (χ1n) is 6.97. The minimum atomic E-state index is -0.529. The van der Waals surface area contributed by atoms with Crippen molar-refractivity contribution in [3.8, 4) is 0 Å². The maximum Gasteiger partial charge on any atom is 0.283 e. The highest BCUT2D eigenvalue weighted by molar-refractivity contribution is 8.14. The third kappa shape index (κ3) is 3.45. The Labute approximate surface area is 152 Å². The standard InChI is InChI=1S/C17H12ClFN2OS2/c1-2-7-24-17-20-15(10-12-4-3-8-23-12)16(22)21(17)11-5-6-14(19)13(18)9-11/h2-6,8-10H,1,7H2/b15-10+. The molecule has 0 spiro atoms. The molecule has 0 atom stereocenters. The van der Waals surface area contributed by atoms with Gasteiger partial charge in [0.2, 0.25) is 0 Å². The lowest BCUT2D eigenvalue weighted by Gasteiger charge is -2.17. The van der Waals surface area contributed by atoms with Crippen LogP contribution in [0.15, 0.2) is 59.1 Å². The van der Waals surface area contributed by atoms with E-state index < -0.39 is 5.82 Å². The Morgan fingerprint density at radius 3 is 2.92 bits per heavy atom. The van der Waals surface area contributed by atoms with Crippen molar-refractivity contribution in [1.82, 2.24) is 0 Å². The van der Waals surface area contributed by atoms with Gasteiger partial charge in [-0.05, 0) is 35.7 Å². The number of rotatable bonds is 4.